The minimum atomic E-state index is 0.0881. The van der Waals surface area contributed by atoms with Crippen molar-refractivity contribution < 1.29 is 0 Å². The lowest BCUT2D eigenvalue weighted by atomic mass is 10.0. The van der Waals surface area contributed by atoms with E-state index in [1.807, 2.05) is 0 Å². The second-order valence-electron chi connectivity index (χ2n) is 5.38. The molecule has 0 saturated carbocycles. The maximum Gasteiger partial charge on any atom is 0.0672 e. The molecular weight excluding hydrogens is 222 g/mol. The molecule has 0 saturated heterocycles. The average Bonchev–Trinajstić information content (AvgIpc) is 2.66. The van der Waals surface area contributed by atoms with Crippen LogP contribution in [0.25, 0.3) is 0 Å². The normalized spacial score (nSPS) is 14.8. The maximum absolute atomic E-state index is 6.12. The van der Waals surface area contributed by atoms with Crippen LogP contribution < -0.4 is 5.73 Å². The predicted molar refractivity (Wildman–Crippen MR) is 77.7 cm³/mol. The van der Waals surface area contributed by atoms with Gasteiger partial charge in [-0.05, 0) is 32.1 Å². The average molecular weight is 251 g/mol. The highest BCUT2D eigenvalue weighted by atomic mass is 15.3. The minimum Gasteiger partial charge on any atom is -0.324 e. The van der Waals surface area contributed by atoms with Gasteiger partial charge < -0.3 is 5.73 Å². The summed E-state index contributed by atoms with van der Waals surface area (Å²) in [5, 5.41) is 4.78. The fraction of sp³-hybridized carbons (Fsp3) is 0.800. The molecule has 0 fully saturated rings. The van der Waals surface area contributed by atoms with Crippen LogP contribution in [0.5, 0.6) is 0 Å². The molecule has 0 aliphatic rings. The zero-order valence-electron chi connectivity index (χ0n) is 12.7. The van der Waals surface area contributed by atoms with E-state index in [1.54, 1.807) is 0 Å². The van der Waals surface area contributed by atoms with Gasteiger partial charge in [0.15, 0.2) is 0 Å². The fourth-order valence-corrected chi connectivity index (χ4v) is 2.76. The molecule has 0 aliphatic carbocycles. The molecule has 0 bridgehead atoms. The number of aryl methyl sites for hydroxylation is 1. The molecule has 0 aromatic carbocycles. The lowest BCUT2D eigenvalue weighted by Gasteiger charge is -2.14. The molecule has 3 heteroatoms. The van der Waals surface area contributed by atoms with Crippen molar-refractivity contribution in [2.24, 2.45) is 11.7 Å². The van der Waals surface area contributed by atoms with Crippen LogP contribution in [0.1, 0.15) is 70.5 Å². The summed E-state index contributed by atoms with van der Waals surface area (Å²) in [4.78, 5) is 0. The largest absolute Gasteiger partial charge is 0.324 e. The van der Waals surface area contributed by atoms with Crippen molar-refractivity contribution in [3.63, 3.8) is 0 Å². The summed E-state index contributed by atoms with van der Waals surface area (Å²) in [6.07, 6.45) is 4.49. The fourth-order valence-electron chi connectivity index (χ4n) is 2.76. The van der Waals surface area contributed by atoms with Crippen LogP contribution in [0.4, 0.5) is 0 Å². The SMILES string of the molecule is CCCC(C)Cn1nc(CC)c(C(C)N)c1CC. The van der Waals surface area contributed by atoms with Gasteiger partial charge in [0.2, 0.25) is 0 Å². The van der Waals surface area contributed by atoms with Crippen LogP contribution in [-0.2, 0) is 19.4 Å². The molecule has 0 aliphatic heterocycles. The first-order valence-corrected chi connectivity index (χ1v) is 7.39. The molecule has 104 valence electrons. The van der Waals surface area contributed by atoms with Crippen molar-refractivity contribution in [2.45, 2.75) is 72.9 Å². The van der Waals surface area contributed by atoms with Crippen molar-refractivity contribution in [3.8, 4) is 0 Å². The molecule has 3 nitrogen and oxygen atoms in total. The quantitative estimate of drug-likeness (QED) is 0.806. The highest BCUT2D eigenvalue weighted by Gasteiger charge is 2.19. The summed E-state index contributed by atoms with van der Waals surface area (Å²) in [7, 11) is 0. The standard InChI is InChI=1S/C15H29N3/c1-6-9-11(4)10-18-14(8-3)15(12(5)16)13(7-2)17-18/h11-12H,6-10,16H2,1-5H3. The van der Waals surface area contributed by atoms with Gasteiger partial charge in [0.1, 0.15) is 0 Å². The Morgan fingerprint density at radius 2 is 1.83 bits per heavy atom. The van der Waals surface area contributed by atoms with E-state index in [4.69, 9.17) is 10.8 Å². The van der Waals surface area contributed by atoms with Gasteiger partial charge in [-0.25, -0.2) is 0 Å². The smallest absolute Gasteiger partial charge is 0.0672 e. The molecule has 2 unspecified atom stereocenters. The van der Waals surface area contributed by atoms with Crippen molar-refractivity contribution >= 4 is 0 Å². The summed E-state index contributed by atoms with van der Waals surface area (Å²) >= 11 is 0. The second-order valence-corrected chi connectivity index (χ2v) is 5.38. The molecule has 18 heavy (non-hydrogen) atoms. The third-order valence-electron chi connectivity index (χ3n) is 3.57. The van der Waals surface area contributed by atoms with Gasteiger partial charge in [-0.3, -0.25) is 4.68 Å². The first-order chi connectivity index (χ1) is 8.54. The first-order valence-electron chi connectivity index (χ1n) is 7.39. The Labute approximate surface area is 112 Å². The van der Waals surface area contributed by atoms with E-state index >= 15 is 0 Å². The van der Waals surface area contributed by atoms with Crippen LogP contribution in [0, 0.1) is 5.92 Å². The second kappa shape index (κ2) is 6.93. The number of hydrogen-bond donors (Lipinski definition) is 1. The zero-order valence-corrected chi connectivity index (χ0v) is 12.7. The highest BCUT2D eigenvalue weighted by molar-refractivity contribution is 5.29. The maximum atomic E-state index is 6.12. The number of rotatable bonds is 7. The number of nitrogens with two attached hydrogens (primary N) is 1. The molecule has 0 spiro atoms. The molecule has 2 atom stereocenters. The van der Waals surface area contributed by atoms with Crippen LogP contribution in [0.2, 0.25) is 0 Å². The van der Waals surface area contributed by atoms with Gasteiger partial charge >= 0.3 is 0 Å². The van der Waals surface area contributed by atoms with E-state index in [0.29, 0.717) is 5.92 Å². The molecular formula is C15H29N3. The molecule has 1 rings (SSSR count). The topological polar surface area (TPSA) is 43.8 Å². The van der Waals surface area contributed by atoms with E-state index < -0.39 is 0 Å². The first kappa shape index (κ1) is 15.2. The third kappa shape index (κ3) is 3.35. The lowest BCUT2D eigenvalue weighted by Crippen LogP contribution is -2.14. The monoisotopic (exact) mass is 251 g/mol. The highest BCUT2D eigenvalue weighted by Crippen LogP contribution is 2.23. The molecule has 1 heterocycles. The van der Waals surface area contributed by atoms with E-state index in [9.17, 15) is 0 Å². The van der Waals surface area contributed by atoms with Crippen molar-refractivity contribution in [3.05, 3.63) is 17.0 Å². The number of hydrogen-bond acceptors (Lipinski definition) is 2. The van der Waals surface area contributed by atoms with Gasteiger partial charge in [0.05, 0.1) is 5.69 Å². The summed E-state index contributed by atoms with van der Waals surface area (Å²) in [5.74, 6) is 0.686. The van der Waals surface area contributed by atoms with Gasteiger partial charge in [0.25, 0.3) is 0 Å². The lowest BCUT2D eigenvalue weighted by molar-refractivity contribution is 0.410. The minimum absolute atomic E-state index is 0.0881. The van der Waals surface area contributed by atoms with Crippen LogP contribution in [0.15, 0.2) is 0 Å². The summed E-state index contributed by atoms with van der Waals surface area (Å²) in [6, 6.07) is 0.0881. The van der Waals surface area contributed by atoms with Crippen molar-refractivity contribution in [1.82, 2.24) is 9.78 Å². The zero-order chi connectivity index (χ0) is 13.7. The summed E-state index contributed by atoms with van der Waals surface area (Å²) in [5.41, 5.74) is 9.92. The summed E-state index contributed by atoms with van der Waals surface area (Å²) < 4.78 is 2.21. The van der Waals surface area contributed by atoms with E-state index in [2.05, 4.69) is 39.3 Å². The Morgan fingerprint density at radius 1 is 1.17 bits per heavy atom. The van der Waals surface area contributed by atoms with Crippen LogP contribution in [-0.4, -0.2) is 9.78 Å². The van der Waals surface area contributed by atoms with Gasteiger partial charge in [-0.15, -0.1) is 0 Å². The van der Waals surface area contributed by atoms with Gasteiger partial charge in [-0.1, -0.05) is 34.1 Å². The van der Waals surface area contributed by atoms with Crippen LogP contribution in [0.3, 0.4) is 0 Å². The molecule has 1 aromatic heterocycles. The molecule has 2 N–H and O–H groups in total. The van der Waals surface area contributed by atoms with Crippen LogP contribution >= 0.6 is 0 Å². The van der Waals surface area contributed by atoms with E-state index in [1.165, 1.54) is 29.8 Å². The number of aromatic nitrogens is 2. The number of nitrogens with zero attached hydrogens (tertiary/aromatic N) is 2. The van der Waals surface area contributed by atoms with Crippen molar-refractivity contribution in [2.75, 3.05) is 0 Å². The van der Waals surface area contributed by atoms with Gasteiger partial charge in [0, 0.05) is 23.8 Å². The molecule has 1 aromatic rings. The predicted octanol–water partition coefficient (Wildman–Crippen LogP) is 3.46. The van der Waals surface area contributed by atoms with E-state index in [0.717, 1.165) is 19.4 Å². The Morgan fingerprint density at radius 3 is 2.28 bits per heavy atom. The molecule has 0 amide bonds. The summed E-state index contributed by atoms with van der Waals surface area (Å²) in [6.45, 7) is 12.0. The Hall–Kier alpha value is -0.830. The Kier molecular flexibility index (Phi) is 5.86. The van der Waals surface area contributed by atoms with E-state index in [-0.39, 0.29) is 6.04 Å². The Bertz CT molecular complexity index is 366. The van der Waals surface area contributed by atoms with Gasteiger partial charge in [-0.2, -0.15) is 5.10 Å². The third-order valence-corrected chi connectivity index (χ3v) is 3.57. The Balaban J connectivity index is 3.04. The molecule has 0 radical (unpaired) electrons. The van der Waals surface area contributed by atoms with Crippen molar-refractivity contribution in [1.29, 1.82) is 0 Å².